The molecule has 1 aromatic heterocycles. The van der Waals surface area contributed by atoms with E-state index in [4.69, 9.17) is 0 Å². The minimum atomic E-state index is -4.01. The zero-order chi connectivity index (χ0) is 24.3. The van der Waals surface area contributed by atoms with Crippen LogP contribution in [0.5, 0.6) is 0 Å². The van der Waals surface area contributed by atoms with Crippen LogP contribution in [0, 0.1) is 5.82 Å². The van der Waals surface area contributed by atoms with E-state index >= 15 is 0 Å². The molecule has 0 aliphatic carbocycles. The van der Waals surface area contributed by atoms with Crippen molar-refractivity contribution in [1.82, 2.24) is 9.97 Å². The van der Waals surface area contributed by atoms with Crippen molar-refractivity contribution in [2.75, 3.05) is 22.0 Å². The SMILES string of the molecule is CC(=O)Nc1ccc(S(=O)(=O)Nc2nc3ccccc3nc2N(C)Cc2cccc(F)c2)cc1. The number of anilines is 3. The van der Waals surface area contributed by atoms with Crippen LogP contribution in [0.4, 0.5) is 21.7 Å². The van der Waals surface area contributed by atoms with Crippen LogP contribution in [0.15, 0.2) is 77.7 Å². The van der Waals surface area contributed by atoms with E-state index in [2.05, 4.69) is 20.0 Å². The summed E-state index contributed by atoms with van der Waals surface area (Å²) in [5.74, 6) is -0.282. The Morgan fingerprint density at radius 2 is 1.65 bits per heavy atom. The van der Waals surface area contributed by atoms with E-state index in [1.807, 2.05) is 6.07 Å². The molecule has 3 aromatic carbocycles. The predicted molar refractivity (Wildman–Crippen MR) is 130 cm³/mol. The first-order valence-electron chi connectivity index (χ1n) is 10.3. The molecule has 0 spiro atoms. The third-order valence-corrected chi connectivity index (χ3v) is 6.29. The number of carbonyl (C=O) groups excluding carboxylic acids is 1. The zero-order valence-electron chi connectivity index (χ0n) is 18.5. The largest absolute Gasteiger partial charge is 0.352 e. The topological polar surface area (TPSA) is 104 Å². The minimum absolute atomic E-state index is 0.00436. The van der Waals surface area contributed by atoms with Gasteiger partial charge in [-0.05, 0) is 54.1 Å². The molecule has 1 heterocycles. The summed E-state index contributed by atoms with van der Waals surface area (Å²) in [6, 6.07) is 19.0. The normalized spacial score (nSPS) is 11.3. The zero-order valence-corrected chi connectivity index (χ0v) is 19.3. The maximum absolute atomic E-state index is 13.7. The Labute approximate surface area is 196 Å². The standard InChI is InChI=1S/C24H22FN5O3S/c1-16(31)26-19-10-12-20(13-11-19)34(32,33)29-23-24(28-22-9-4-3-8-21(22)27-23)30(2)15-17-6-5-7-18(25)14-17/h3-14H,15H2,1-2H3,(H,26,31)(H,27,29). The number of sulfonamides is 1. The average Bonchev–Trinajstić information content (AvgIpc) is 2.78. The number of nitrogens with zero attached hydrogens (tertiary/aromatic N) is 3. The fraction of sp³-hybridized carbons (Fsp3) is 0.125. The first-order valence-corrected chi connectivity index (χ1v) is 11.8. The van der Waals surface area contributed by atoms with Crippen LogP contribution < -0.4 is 14.9 Å². The molecule has 34 heavy (non-hydrogen) atoms. The minimum Gasteiger partial charge on any atom is -0.352 e. The van der Waals surface area contributed by atoms with Gasteiger partial charge in [0.15, 0.2) is 11.6 Å². The fourth-order valence-electron chi connectivity index (χ4n) is 3.42. The quantitative estimate of drug-likeness (QED) is 0.412. The van der Waals surface area contributed by atoms with E-state index in [0.717, 1.165) is 0 Å². The molecule has 4 rings (SSSR count). The van der Waals surface area contributed by atoms with Crippen molar-refractivity contribution in [1.29, 1.82) is 0 Å². The van der Waals surface area contributed by atoms with Gasteiger partial charge in [0.1, 0.15) is 5.82 Å². The van der Waals surface area contributed by atoms with Gasteiger partial charge in [-0.15, -0.1) is 0 Å². The van der Waals surface area contributed by atoms with Crippen molar-refractivity contribution in [2.24, 2.45) is 0 Å². The van der Waals surface area contributed by atoms with Crippen LogP contribution in [0.1, 0.15) is 12.5 Å². The van der Waals surface area contributed by atoms with Gasteiger partial charge in [-0.25, -0.2) is 22.8 Å². The molecular weight excluding hydrogens is 457 g/mol. The molecule has 2 N–H and O–H groups in total. The average molecular weight is 480 g/mol. The molecule has 0 saturated heterocycles. The maximum atomic E-state index is 13.7. The highest BCUT2D eigenvalue weighted by Gasteiger charge is 2.21. The molecule has 0 aliphatic rings. The monoisotopic (exact) mass is 479 g/mol. The number of fused-ring (bicyclic) bond motifs is 1. The lowest BCUT2D eigenvalue weighted by atomic mass is 10.2. The molecule has 174 valence electrons. The number of benzene rings is 3. The van der Waals surface area contributed by atoms with Crippen LogP contribution in [0.2, 0.25) is 0 Å². The Morgan fingerprint density at radius 1 is 0.971 bits per heavy atom. The summed E-state index contributed by atoms with van der Waals surface area (Å²) in [5.41, 5.74) is 2.28. The molecule has 0 bridgehead atoms. The fourth-order valence-corrected chi connectivity index (χ4v) is 4.42. The second-order valence-electron chi connectivity index (χ2n) is 7.68. The summed E-state index contributed by atoms with van der Waals surface area (Å²) in [5, 5.41) is 2.59. The van der Waals surface area contributed by atoms with Crippen LogP contribution in [-0.2, 0) is 21.4 Å². The first-order chi connectivity index (χ1) is 16.2. The number of rotatable bonds is 7. The summed E-state index contributed by atoms with van der Waals surface area (Å²) in [7, 11) is -2.29. The molecule has 0 atom stereocenters. The molecular formula is C24H22FN5O3S. The van der Waals surface area contributed by atoms with Gasteiger partial charge in [-0.3, -0.25) is 9.52 Å². The number of nitrogens with one attached hydrogen (secondary N) is 2. The van der Waals surface area contributed by atoms with E-state index in [-0.39, 0.29) is 29.0 Å². The van der Waals surface area contributed by atoms with Gasteiger partial charge in [0.2, 0.25) is 5.91 Å². The molecule has 0 unspecified atom stereocenters. The number of amides is 1. The van der Waals surface area contributed by atoms with Gasteiger partial charge in [0.25, 0.3) is 10.0 Å². The van der Waals surface area contributed by atoms with Gasteiger partial charge < -0.3 is 10.2 Å². The molecule has 8 nitrogen and oxygen atoms in total. The molecule has 0 saturated carbocycles. The molecule has 10 heteroatoms. The molecule has 0 fully saturated rings. The van der Waals surface area contributed by atoms with Gasteiger partial charge in [0.05, 0.1) is 15.9 Å². The third kappa shape index (κ3) is 5.29. The van der Waals surface area contributed by atoms with Crippen molar-refractivity contribution >= 4 is 44.3 Å². The second-order valence-corrected chi connectivity index (χ2v) is 9.36. The van der Waals surface area contributed by atoms with Crippen LogP contribution in [-0.4, -0.2) is 31.3 Å². The number of carbonyl (C=O) groups is 1. The lowest BCUT2D eigenvalue weighted by molar-refractivity contribution is -0.114. The highest BCUT2D eigenvalue weighted by molar-refractivity contribution is 7.92. The van der Waals surface area contributed by atoms with Crippen molar-refractivity contribution in [3.8, 4) is 0 Å². The van der Waals surface area contributed by atoms with Crippen molar-refractivity contribution in [3.63, 3.8) is 0 Å². The number of hydrogen-bond donors (Lipinski definition) is 2. The van der Waals surface area contributed by atoms with Crippen molar-refractivity contribution in [3.05, 3.63) is 84.2 Å². The van der Waals surface area contributed by atoms with Gasteiger partial charge in [0, 0.05) is 26.2 Å². The Hall–Kier alpha value is -4.05. The molecule has 4 aromatic rings. The van der Waals surface area contributed by atoms with E-state index in [9.17, 15) is 17.6 Å². The summed E-state index contributed by atoms with van der Waals surface area (Å²) >= 11 is 0. The molecule has 0 radical (unpaired) electrons. The van der Waals surface area contributed by atoms with Gasteiger partial charge in [-0.2, -0.15) is 0 Å². The van der Waals surface area contributed by atoms with E-state index in [1.165, 1.54) is 43.3 Å². The third-order valence-electron chi connectivity index (χ3n) is 4.94. The van der Waals surface area contributed by atoms with Crippen molar-refractivity contribution in [2.45, 2.75) is 18.4 Å². The number of halogens is 1. The first kappa shape index (κ1) is 23.1. The number of aromatic nitrogens is 2. The Kier molecular flexibility index (Phi) is 6.42. The predicted octanol–water partition coefficient (Wildman–Crippen LogP) is 4.16. The van der Waals surface area contributed by atoms with E-state index < -0.39 is 10.0 Å². The van der Waals surface area contributed by atoms with Crippen LogP contribution in [0.3, 0.4) is 0 Å². The van der Waals surface area contributed by atoms with E-state index in [0.29, 0.717) is 28.1 Å². The van der Waals surface area contributed by atoms with Crippen molar-refractivity contribution < 1.29 is 17.6 Å². The summed E-state index contributed by atoms with van der Waals surface area (Å²) < 4.78 is 42.4. The Bertz CT molecular complexity index is 1460. The lowest BCUT2D eigenvalue weighted by Gasteiger charge is -2.22. The van der Waals surface area contributed by atoms with E-state index in [1.54, 1.807) is 42.3 Å². The smallest absolute Gasteiger partial charge is 0.263 e. The summed E-state index contributed by atoms with van der Waals surface area (Å²) in [4.78, 5) is 22.0. The lowest BCUT2D eigenvalue weighted by Crippen LogP contribution is -2.22. The second kappa shape index (κ2) is 9.44. The molecule has 0 aliphatic heterocycles. The van der Waals surface area contributed by atoms with Gasteiger partial charge >= 0.3 is 0 Å². The maximum Gasteiger partial charge on any atom is 0.263 e. The number of para-hydroxylation sites is 2. The molecule has 1 amide bonds. The van der Waals surface area contributed by atoms with Gasteiger partial charge in [-0.1, -0.05) is 24.3 Å². The highest BCUT2D eigenvalue weighted by Crippen LogP contribution is 2.28. The summed E-state index contributed by atoms with van der Waals surface area (Å²) in [6.45, 7) is 1.65. The summed E-state index contributed by atoms with van der Waals surface area (Å²) in [6.07, 6.45) is 0. The Morgan fingerprint density at radius 3 is 2.29 bits per heavy atom. The Balaban J connectivity index is 1.69. The van der Waals surface area contributed by atoms with Crippen LogP contribution in [0.25, 0.3) is 11.0 Å². The highest BCUT2D eigenvalue weighted by atomic mass is 32.2. The van der Waals surface area contributed by atoms with Crippen LogP contribution >= 0.6 is 0 Å². The number of hydrogen-bond acceptors (Lipinski definition) is 6.